The van der Waals surface area contributed by atoms with Crippen LogP contribution in [0.1, 0.15) is 46.0 Å². The summed E-state index contributed by atoms with van der Waals surface area (Å²) >= 11 is 0. The van der Waals surface area contributed by atoms with Crippen LogP contribution in [0.2, 0.25) is 0 Å². The fraction of sp³-hybridized carbons (Fsp3) is 0.714. The van der Waals surface area contributed by atoms with Crippen LogP contribution in [0.5, 0.6) is 0 Å². The summed E-state index contributed by atoms with van der Waals surface area (Å²) in [6.07, 6.45) is 1.81. The number of nitrogens with one attached hydrogen (secondary N) is 2. The highest BCUT2D eigenvalue weighted by molar-refractivity contribution is 7.93. The molecule has 3 fully saturated rings. The molecule has 0 aromatic heterocycles. The minimum atomic E-state index is -4.01. The number of carbonyl (C=O) groups is 2. The summed E-state index contributed by atoms with van der Waals surface area (Å²) < 4.78 is 30.8. The van der Waals surface area contributed by atoms with E-state index in [2.05, 4.69) is 34.3 Å². The zero-order valence-electron chi connectivity index (χ0n) is 23.4. The molecule has 3 unspecified atom stereocenters. The van der Waals surface area contributed by atoms with Crippen molar-refractivity contribution in [2.24, 2.45) is 17.8 Å². The normalized spacial score (nSPS) is 25.2. The van der Waals surface area contributed by atoms with Crippen LogP contribution in [0.4, 0.5) is 5.69 Å². The zero-order chi connectivity index (χ0) is 28.2. The van der Waals surface area contributed by atoms with Crippen molar-refractivity contribution in [2.75, 3.05) is 57.8 Å². The number of aliphatic hydroxyl groups is 1. The van der Waals surface area contributed by atoms with Gasteiger partial charge in [0, 0.05) is 44.9 Å². The summed E-state index contributed by atoms with van der Waals surface area (Å²) in [5, 5.41) is 15.4. The molecular weight excluding hydrogens is 520 g/mol. The Bertz CT molecular complexity index is 1090. The minimum absolute atomic E-state index is 0.0355. The van der Waals surface area contributed by atoms with Crippen LogP contribution in [-0.2, 0) is 24.2 Å². The second-order valence-corrected chi connectivity index (χ2v) is 13.9. The van der Waals surface area contributed by atoms with Gasteiger partial charge >= 0.3 is 0 Å². The number of ether oxygens (including phenoxy) is 1. The van der Waals surface area contributed by atoms with Crippen LogP contribution in [0.25, 0.3) is 0 Å². The smallest absolute Gasteiger partial charge is 0.242 e. The first-order chi connectivity index (χ1) is 18.6. The van der Waals surface area contributed by atoms with Gasteiger partial charge in [0.1, 0.15) is 0 Å². The van der Waals surface area contributed by atoms with Crippen LogP contribution >= 0.6 is 0 Å². The fourth-order valence-corrected chi connectivity index (χ4v) is 8.42. The number of sulfone groups is 1. The Balaban J connectivity index is 1.42. The van der Waals surface area contributed by atoms with E-state index in [1.165, 1.54) is 13.5 Å². The number of rotatable bonds is 8. The number of methoxy groups -OCH3 is 1. The average Bonchev–Trinajstić information content (AvgIpc) is 2.95. The van der Waals surface area contributed by atoms with Crippen LogP contribution < -0.4 is 15.5 Å². The molecule has 1 aromatic rings. The summed E-state index contributed by atoms with van der Waals surface area (Å²) in [6, 6.07) is 6.76. The van der Waals surface area contributed by atoms with Gasteiger partial charge in [-0.15, -0.1) is 0 Å². The number of carbonyl (C=O) groups excluding carboxylic acids is 2. The third kappa shape index (κ3) is 6.42. The number of benzene rings is 1. The van der Waals surface area contributed by atoms with E-state index in [4.69, 9.17) is 4.74 Å². The van der Waals surface area contributed by atoms with Crippen molar-refractivity contribution in [3.63, 3.8) is 0 Å². The summed E-state index contributed by atoms with van der Waals surface area (Å²) in [5.74, 6) is 0.777. The van der Waals surface area contributed by atoms with Gasteiger partial charge in [-0.3, -0.25) is 9.59 Å². The minimum Gasteiger partial charge on any atom is -0.371 e. The Labute approximate surface area is 232 Å². The van der Waals surface area contributed by atoms with E-state index in [1.54, 1.807) is 24.3 Å². The van der Waals surface area contributed by atoms with Crippen LogP contribution in [0, 0.1) is 17.8 Å². The number of likely N-dealkylation sites (tertiary alicyclic amines) is 1. The molecule has 218 valence electrons. The first kappa shape index (κ1) is 29.8. The van der Waals surface area contributed by atoms with E-state index < -0.39 is 26.8 Å². The molecule has 0 radical (unpaired) electrons. The molecular formula is C28H44N4O6S. The van der Waals surface area contributed by atoms with Gasteiger partial charge in [0.15, 0.2) is 20.9 Å². The lowest BCUT2D eigenvalue weighted by molar-refractivity contribution is -0.139. The number of hydrogen-bond donors (Lipinski definition) is 3. The van der Waals surface area contributed by atoms with Crippen LogP contribution in [0.15, 0.2) is 29.2 Å². The Morgan fingerprint density at radius 2 is 1.69 bits per heavy atom. The van der Waals surface area contributed by atoms with E-state index in [0.717, 1.165) is 44.7 Å². The molecule has 3 heterocycles. The second kappa shape index (κ2) is 12.5. The van der Waals surface area contributed by atoms with Gasteiger partial charge in [0.05, 0.1) is 11.4 Å². The third-order valence-corrected chi connectivity index (χ3v) is 11.1. The van der Waals surface area contributed by atoms with Gasteiger partial charge in [-0.25, -0.2) is 8.42 Å². The Kier molecular flexibility index (Phi) is 9.57. The maximum absolute atomic E-state index is 13.8. The average molecular weight is 565 g/mol. The van der Waals surface area contributed by atoms with Gasteiger partial charge in [-0.2, -0.15) is 0 Å². The molecule has 11 heteroatoms. The van der Waals surface area contributed by atoms with Crippen molar-refractivity contribution in [2.45, 2.75) is 61.9 Å². The molecule has 3 saturated heterocycles. The molecule has 0 spiro atoms. The molecule has 0 bridgehead atoms. The number of aliphatic hydroxyl groups excluding tert-OH is 1. The van der Waals surface area contributed by atoms with Crippen molar-refractivity contribution < 1.29 is 27.9 Å². The van der Waals surface area contributed by atoms with Crippen LogP contribution in [-0.4, -0.2) is 94.2 Å². The van der Waals surface area contributed by atoms with Gasteiger partial charge in [0.25, 0.3) is 0 Å². The molecule has 39 heavy (non-hydrogen) atoms. The van der Waals surface area contributed by atoms with E-state index in [-0.39, 0.29) is 36.1 Å². The predicted octanol–water partition coefficient (Wildman–Crippen LogP) is 1.38. The lowest BCUT2D eigenvalue weighted by Crippen LogP contribution is -2.58. The van der Waals surface area contributed by atoms with Gasteiger partial charge in [-0.1, -0.05) is 13.8 Å². The van der Waals surface area contributed by atoms with E-state index in [1.807, 2.05) is 0 Å². The van der Waals surface area contributed by atoms with Gasteiger partial charge < -0.3 is 30.3 Å². The highest BCUT2D eigenvalue weighted by Gasteiger charge is 2.51. The molecule has 10 nitrogen and oxygen atoms in total. The number of amides is 2. The molecule has 1 aromatic carbocycles. The Hall–Kier alpha value is -2.21. The zero-order valence-corrected chi connectivity index (χ0v) is 24.2. The SMILES string of the molecule is COC(O)CNC(=O)C1(S(=O)(=O)c2ccc(N3CCC(C(=O)N4CC(C)CC(C)C4)CC3)cc2)CCNCC1. The molecule has 2 amide bonds. The second-order valence-electron chi connectivity index (χ2n) is 11.6. The maximum Gasteiger partial charge on any atom is 0.242 e. The lowest BCUT2D eigenvalue weighted by Gasteiger charge is -2.39. The lowest BCUT2D eigenvalue weighted by atomic mass is 9.89. The summed E-state index contributed by atoms with van der Waals surface area (Å²) in [5.41, 5.74) is 0.909. The molecule has 0 aliphatic carbocycles. The van der Waals surface area contributed by atoms with Crippen molar-refractivity contribution in [1.29, 1.82) is 0 Å². The topological polar surface area (TPSA) is 128 Å². The van der Waals surface area contributed by atoms with Crippen molar-refractivity contribution in [3.8, 4) is 0 Å². The molecule has 3 aliphatic heterocycles. The first-order valence-electron chi connectivity index (χ1n) is 14.2. The summed E-state index contributed by atoms with van der Waals surface area (Å²) in [4.78, 5) is 30.7. The van der Waals surface area contributed by atoms with Crippen molar-refractivity contribution >= 4 is 27.3 Å². The Morgan fingerprint density at radius 1 is 1.10 bits per heavy atom. The number of nitrogens with zero attached hydrogens (tertiary/aromatic N) is 2. The third-order valence-electron chi connectivity index (χ3n) is 8.59. The molecule has 3 atom stereocenters. The number of hydrogen-bond acceptors (Lipinski definition) is 8. The standard InChI is InChI=1S/C28H44N4O6S/c1-20-16-21(2)19-32(18-20)26(34)22-8-14-31(15-9-22)23-4-6-24(7-5-23)39(36,37)28(10-12-29-13-11-28)27(35)30-17-25(33)38-3/h4-7,20-22,25,29,33H,8-19H2,1-3H3,(H,30,35). The summed E-state index contributed by atoms with van der Waals surface area (Å²) in [6.45, 7) is 8.22. The van der Waals surface area contributed by atoms with Crippen LogP contribution in [0.3, 0.4) is 0 Å². The summed E-state index contributed by atoms with van der Waals surface area (Å²) in [7, 11) is -2.70. The molecule has 4 rings (SSSR count). The fourth-order valence-electron chi connectivity index (χ4n) is 6.42. The number of anilines is 1. The Morgan fingerprint density at radius 3 is 2.26 bits per heavy atom. The van der Waals surface area contributed by atoms with E-state index in [9.17, 15) is 23.1 Å². The first-order valence-corrected chi connectivity index (χ1v) is 15.6. The van der Waals surface area contributed by atoms with E-state index >= 15 is 0 Å². The molecule has 3 aliphatic rings. The number of piperidine rings is 3. The van der Waals surface area contributed by atoms with Crippen molar-refractivity contribution in [3.05, 3.63) is 24.3 Å². The molecule has 0 saturated carbocycles. The van der Waals surface area contributed by atoms with Gasteiger partial charge in [0.2, 0.25) is 11.8 Å². The highest BCUT2D eigenvalue weighted by atomic mass is 32.2. The molecule has 3 N–H and O–H groups in total. The largest absolute Gasteiger partial charge is 0.371 e. The quantitative estimate of drug-likeness (QED) is 0.404. The van der Waals surface area contributed by atoms with Gasteiger partial charge in [-0.05, 0) is 81.3 Å². The predicted molar refractivity (Wildman–Crippen MR) is 149 cm³/mol. The van der Waals surface area contributed by atoms with E-state index in [0.29, 0.717) is 24.9 Å². The monoisotopic (exact) mass is 564 g/mol. The van der Waals surface area contributed by atoms with Crippen molar-refractivity contribution in [1.82, 2.24) is 15.5 Å². The maximum atomic E-state index is 13.8. The highest BCUT2D eigenvalue weighted by Crippen LogP contribution is 2.35.